The van der Waals surface area contributed by atoms with Gasteiger partial charge < -0.3 is 24.2 Å². The minimum Gasteiger partial charge on any atom is -0.494 e. The predicted octanol–water partition coefficient (Wildman–Crippen LogP) is 3.11. The molecule has 1 aliphatic heterocycles. The van der Waals surface area contributed by atoms with Crippen molar-refractivity contribution < 1.29 is 23.6 Å². The van der Waals surface area contributed by atoms with Crippen molar-refractivity contribution in [1.82, 2.24) is 10.1 Å². The standard InChI is InChI=1S/C19H24FN3O4/c1-22(2)13-5-4-9-23(10-8-13)18-16(19(24)25)17(27-21-18)12-6-7-14(20)15(11-12)26-3/h6-7,11,13H,4-5,8-10H2,1-3H3,(H,24,25). The minimum atomic E-state index is -1.13. The van der Waals surface area contributed by atoms with Gasteiger partial charge in [-0.2, -0.15) is 0 Å². The highest BCUT2D eigenvalue weighted by atomic mass is 19.1. The van der Waals surface area contributed by atoms with Crippen molar-refractivity contribution in [3.8, 4) is 17.1 Å². The summed E-state index contributed by atoms with van der Waals surface area (Å²) in [7, 11) is 5.46. The van der Waals surface area contributed by atoms with E-state index in [1.807, 2.05) is 4.90 Å². The molecular formula is C19H24FN3O4. The lowest BCUT2D eigenvalue weighted by Gasteiger charge is -2.23. The van der Waals surface area contributed by atoms with Crippen LogP contribution in [0.25, 0.3) is 11.3 Å². The molecule has 0 radical (unpaired) electrons. The first-order valence-corrected chi connectivity index (χ1v) is 8.90. The second kappa shape index (κ2) is 7.96. The van der Waals surface area contributed by atoms with Crippen molar-refractivity contribution in [2.24, 2.45) is 0 Å². The van der Waals surface area contributed by atoms with E-state index in [0.29, 0.717) is 30.5 Å². The van der Waals surface area contributed by atoms with Gasteiger partial charge >= 0.3 is 5.97 Å². The fourth-order valence-electron chi connectivity index (χ4n) is 3.50. The van der Waals surface area contributed by atoms with Crippen LogP contribution in [0.4, 0.5) is 10.2 Å². The number of carboxylic acid groups (broad SMARTS) is 1. The van der Waals surface area contributed by atoms with Gasteiger partial charge in [0.15, 0.2) is 28.7 Å². The molecule has 1 aromatic heterocycles. The largest absolute Gasteiger partial charge is 0.494 e. The average molecular weight is 377 g/mol. The summed E-state index contributed by atoms with van der Waals surface area (Å²) in [5, 5.41) is 13.8. The maximum absolute atomic E-state index is 13.7. The molecule has 7 nitrogen and oxygen atoms in total. The second-order valence-corrected chi connectivity index (χ2v) is 6.90. The number of carboxylic acids is 1. The van der Waals surface area contributed by atoms with E-state index in [9.17, 15) is 14.3 Å². The fourth-order valence-corrected chi connectivity index (χ4v) is 3.50. The molecule has 27 heavy (non-hydrogen) atoms. The van der Waals surface area contributed by atoms with E-state index < -0.39 is 11.8 Å². The highest BCUT2D eigenvalue weighted by Gasteiger charge is 2.29. The number of rotatable bonds is 5. The van der Waals surface area contributed by atoms with Crippen LogP contribution in [0.2, 0.25) is 0 Å². The first kappa shape index (κ1) is 19.2. The number of aromatic nitrogens is 1. The summed E-state index contributed by atoms with van der Waals surface area (Å²) in [4.78, 5) is 16.1. The molecule has 0 aliphatic carbocycles. The first-order chi connectivity index (χ1) is 12.9. The van der Waals surface area contributed by atoms with E-state index in [-0.39, 0.29) is 17.1 Å². The van der Waals surface area contributed by atoms with Gasteiger partial charge in [0.1, 0.15) is 0 Å². The van der Waals surface area contributed by atoms with E-state index in [1.54, 1.807) is 0 Å². The zero-order valence-electron chi connectivity index (χ0n) is 15.7. The smallest absolute Gasteiger partial charge is 0.343 e. The molecule has 3 rings (SSSR count). The zero-order valence-corrected chi connectivity index (χ0v) is 15.7. The first-order valence-electron chi connectivity index (χ1n) is 8.90. The Labute approximate surface area is 157 Å². The third-order valence-corrected chi connectivity index (χ3v) is 5.03. The number of ether oxygens (including phenoxy) is 1. The fraction of sp³-hybridized carbons (Fsp3) is 0.474. The van der Waals surface area contributed by atoms with Gasteiger partial charge in [0.2, 0.25) is 0 Å². The van der Waals surface area contributed by atoms with Crippen molar-refractivity contribution in [3.63, 3.8) is 0 Å². The number of aromatic carboxylic acids is 1. The number of nitrogens with zero attached hydrogens (tertiary/aromatic N) is 3. The molecule has 0 saturated carbocycles. The van der Waals surface area contributed by atoms with Gasteiger partial charge in [0, 0.05) is 24.7 Å². The van der Waals surface area contributed by atoms with Gasteiger partial charge in [-0.1, -0.05) is 5.16 Å². The Bertz CT molecular complexity index is 821. The molecule has 0 bridgehead atoms. The van der Waals surface area contributed by atoms with Crippen LogP contribution in [0.15, 0.2) is 22.7 Å². The van der Waals surface area contributed by atoms with E-state index in [4.69, 9.17) is 9.26 Å². The second-order valence-electron chi connectivity index (χ2n) is 6.90. The van der Waals surface area contributed by atoms with Crippen LogP contribution in [0, 0.1) is 5.82 Å². The monoisotopic (exact) mass is 377 g/mol. The van der Waals surface area contributed by atoms with Gasteiger partial charge in [-0.25, -0.2) is 9.18 Å². The maximum Gasteiger partial charge on any atom is 0.343 e. The number of hydrogen-bond donors (Lipinski definition) is 1. The molecule has 1 aliphatic rings. The van der Waals surface area contributed by atoms with Crippen molar-refractivity contribution in [3.05, 3.63) is 29.6 Å². The summed E-state index contributed by atoms with van der Waals surface area (Å²) in [6.07, 6.45) is 2.90. The number of halogens is 1. The molecule has 2 aromatic rings. The topological polar surface area (TPSA) is 79.0 Å². The normalized spacial score (nSPS) is 17.8. The van der Waals surface area contributed by atoms with Crippen LogP contribution >= 0.6 is 0 Å². The summed E-state index contributed by atoms with van der Waals surface area (Å²) in [6.45, 7) is 1.41. The predicted molar refractivity (Wildman–Crippen MR) is 98.9 cm³/mol. The summed E-state index contributed by atoms with van der Waals surface area (Å²) in [6, 6.07) is 4.54. The Hall–Kier alpha value is -2.61. The Morgan fingerprint density at radius 2 is 2.15 bits per heavy atom. The van der Waals surface area contributed by atoms with Crippen molar-refractivity contribution in [2.45, 2.75) is 25.3 Å². The van der Waals surface area contributed by atoms with E-state index >= 15 is 0 Å². The van der Waals surface area contributed by atoms with Gasteiger partial charge in [0.25, 0.3) is 0 Å². The highest BCUT2D eigenvalue weighted by molar-refractivity contribution is 5.99. The number of methoxy groups -OCH3 is 1. The van der Waals surface area contributed by atoms with Crippen molar-refractivity contribution in [2.75, 3.05) is 39.2 Å². The third kappa shape index (κ3) is 3.90. The summed E-state index contributed by atoms with van der Waals surface area (Å²) in [5.41, 5.74) is 0.400. The van der Waals surface area contributed by atoms with E-state index in [2.05, 4.69) is 24.2 Å². The number of anilines is 1. The van der Waals surface area contributed by atoms with Crippen LogP contribution in [-0.2, 0) is 0 Å². The Kier molecular flexibility index (Phi) is 5.65. The summed E-state index contributed by atoms with van der Waals surface area (Å²) in [5.74, 6) is -1.21. The molecule has 1 atom stereocenters. The Morgan fingerprint density at radius 3 is 2.81 bits per heavy atom. The molecule has 0 spiro atoms. The zero-order chi connectivity index (χ0) is 19.6. The third-order valence-electron chi connectivity index (χ3n) is 5.03. The lowest BCUT2D eigenvalue weighted by Crippen LogP contribution is -2.30. The van der Waals surface area contributed by atoms with Crippen molar-refractivity contribution >= 4 is 11.8 Å². The van der Waals surface area contributed by atoms with E-state index in [0.717, 1.165) is 19.3 Å². The van der Waals surface area contributed by atoms with Crippen LogP contribution < -0.4 is 9.64 Å². The quantitative estimate of drug-likeness (QED) is 0.858. The minimum absolute atomic E-state index is 0.00744. The molecule has 146 valence electrons. The van der Waals surface area contributed by atoms with Crippen LogP contribution in [0.5, 0.6) is 5.75 Å². The molecule has 1 unspecified atom stereocenters. The lowest BCUT2D eigenvalue weighted by atomic mass is 10.1. The maximum atomic E-state index is 13.7. The van der Waals surface area contributed by atoms with Gasteiger partial charge in [-0.15, -0.1) is 0 Å². The summed E-state index contributed by atoms with van der Waals surface area (Å²) >= 11 is 0. The molecule has 1 fully saturated rings. The van der Waals surface area contributed by atoms with Crippen molar-refractivity contribution in [1.29, 1.82) is 0 Å². The molecule has 0 amide bonds. The number of benzene rings is 1. The highest BCUT2D eigenvalue weighted by Crippen LogP contribution is 2.34. The molecule has 1 saturated heterocycles. The molecule has 8 heteroatoms. The van der Waals surface area contributed by atoms with Crippen LogP contribution in [0.3, 0.4) is 0 Å². The van der Waals surface area contributed by atoms with E-state index in [1.165, 1.54) is 25.3 Å². The van der Waals surface area contributed by atoms with Crippen LogP contribution in [0.1, 0.15) is 29.6 Å². The molecular weight excluding hydrogens is 353 g/mol. The Balaban J connectivity index is 1.96. The number of carbonyl (C=O) groups is 1. The number of hydrogen-bond acceptors (Lipinski definition) is 6. The molecule has 1 N–H and O–H groups in total. The molecule has 2 heterocycles. The SMILES string of the molecule is COc1cc(-c2onc(N3CCCC(N(C)C)CC3)c2C(=O)O)ccc1F. The van der Waals surface area contributed by atoms with Gasteiger partial charge in [-0.05, 0) is 51.6 Å². The average Bonchev–Trinajstić information content (AvgIpc) is 2.93. The lowest BCUT2D eigenvalue weighted by molar-refractivity contribution is 0.0698. The molecule has 1 aromatic carbocycles. The van der Waals surface area contributed by atoms with Crippen LogP contribution in [-0.4, -0.2) is 61.5 Å². The van der Waals surface area contributed by atoms with Gasteiger partial charge in [-0.3, -0.25) is 0 Å². The Morgan fingerprint density at radius 1 is 1.37 bits per heavy atom. The van der Waals surface area contributed by atoms with Gasteiger partial charge in [0.05, 0.1) is 7.11 Å². The summed E-state index contributed by atoms with van der Waals surface area (Å²) < 4.78 is 24.1.